The van der Waals surface area contributed by atoms with Crippen molar-refractivity contribution in [3.63, 3.8) is 0 Å². The monoisotopic (exact) mass is 259 g/mol. The summed E-state index contributed by atoms with van der Waals surface area (Å²) in [5.74, 6) is 0.672. The molecule has 6 nitrogen and oxygen atoms in total. The Balaban J connectivity index is 1.72. The number of nitrogens with zero attached hydrogens (tertiary/aromatic N) is 4. The Morgan fingerprint density at radius 1 is 1.47 bits per heavy atom. The second-order valence-electron chi connectivity index (χ2n) is 4.90. The summed E-state index contributed by atoms with van der Waals surface area (Å²) in [6, 6.07) is 3.52. The van der Waals surface area contributed by atoms with Crippen LogP contribution < -0.4 is 4.84 Å². The lowest BCUT2D eigenvalue weighted by Crippen LogP contribution is -2.42. The molecule has 0 unspecified atom stereocenters. The Kier molecular flexibility index (Phi) is 3.06. The highest BCUT2D eigenvalue weighted by Gasteiger charge is 2.22. The van der Waals surface area contributed by atoms with Gasteiger partial charge in [-0.1, -0.05) is 11.8 Å². The van der Waals surface area contributed by atoms with Crippen LogP contribution >= 0.6 is 0 Å². The van der Waals surface area contributed by atoms with Gasteiger partial charge in [0.15, 0.2) is 5.65 Å². The molecular formula is C13H15N4O2. The van der Waals surface area contributed by atoms with E-state index in [1.807, 2.05) is 6.07 Å². The number of rotatable bonds is 1. The van der Waals surface area contributed by atoms with Gasteiger partial charge in [-0.2, -0.15) is 0 Å². The molecule has 0 bridgehead atoms. The van der Waals surface area contributed by atoms with Crippen molar-refractivity contribution in [3.8, 4) is 0 Å². The second-order valence-corrected chi connectivity index (χ2v) is 4.90. The molecule has 0 aromatic carbocycles. The number of fused-ring (bicyclic) bond motifs is 1. The highest BCUT2D eigenvalue weighted by atomic mass is 16.7. The average Bonchev–Trinajstić information content (AvgIpc) is 2.83. The van der Waals surface area contributed by atoms with Crippen molar-refractivity contribution >= 4 is 17.1 Å². The van der Waals surface area contributed by atoms with E-state index in [2.05, 4.69) is 23.2 Å². The van der Waals surface area contributed by atoms with Crippen molar-refractivity contribution in [2.24, 2.45) is 5.92 Å². The van der Waals surface area contributed by atoms with Gasteiger partial charge >= 0.3 is 6.09 Å². The molecule has 0 N–H and O–H groups in total. The first-order valence-corrected chi connectivity index (χ1v) is 6.42. The van der Waals surface area contributed by atoms with Crippen LogP contribution in [-0.2, 0) is 0 Å². The van der Waals surface area contributed by atoms with Gasteiger partial charge in [0.2, 0.25) is 0 Å². The van der Waals surface area contributed by atoms with Crippen LogP contribution in [-0.4, -0.2) is 39.0 Å². The molecule has 3 rings (SSSR count). The topological polar surface area (TPSA) is 60.2 Å². The van der Waals surface area contributed by atoms with Crippen LogP contribution in [0.4, 0.5) is 4.79 Å². The van der Waals surface area contributed by atoms with Gasteiger partial charge in [-0.15, -0.1) is 5.10 Å². The summed E-state index contributed by atoms with van der Waals surface area (Å²) in [5, 5.41) is 4.83. The lowest BCUT2D eigenvalue weighted by Gasteiger charge is -2.28. The predicted molar refractivity (Wildman–Crippen MR) is 68.3 cm³/mol. The van der Waals surface area contributed by atoms with Gasteiger partial charge in [-0.3, -0.25) is 4.84 Å². The van der Waals surface area contributed by atoms with E-state index in [9.17, 15) is 4.79 Å². The van der Waals surface area contributed by atoms with Gasteiger partial charge in [0.25, 0.3) is 0 Å². The lowest BCUT2D eigenvalue weighted by atomic mass is 10.00. The number of piperidine rings is 1. The minimum absolute atomic E-state index is 0.373. The van der Waals surface area contributed by atoms with Crippen LogP contribution in [0.5, 0.6) is 0 Å². The van der Waals surface area contributed by atoms with Crippen LogP contribution in [0.2, 0.25) is 0 Å². The van der Waals surface area contributed by atoms with Crippen LogP contribution in [0.15, 0.2) is 18.3 Å². The minimum atomic E-state index is -0.373. The molecule has 1 aliphatic heterocycles. The first-order valence-electron chi connectivity index (χ1n) is 6.42. The number of aromatic nitrogens is 3. The summed E-state index contributed by atoms with van der Waals surface area (Å²) >= 11 is 0. The van der Waals surface area contributed by atoms with Crippen molar-refractivity contribution in [2.45, 2.75) is 19.8 Å². The summed E-state index contributed by atoms with van der Waals surface area (Å²) in [7, 11) is 0. The molecule has 0 spiro atoms. The minimum Gasteiger partial charge on any atom is -0.306 e. The SMILES string of the molecule is CC1CCN(C(=O)On2ncc3cc[c]nc32)CC1. The summed E-state index contributed by atoms with van der Waals surface area (Å²) in [6.45, 7) is 3.67. The van der Waals surface area contributed by atoms with Gasteiger partial charge < -0.3 is 4.90 Å². The highest BCUT2D eigenvalue weighted by Crippen LogP contribution is 2.16. The lowest BCUT2D eigenvalue weighted by molar-refractivity contribution is 0.0723. The van der Waals surface area contributed by atoms with Crippen molar-refractivity contribution < 1.29 is 9.63 Å². The first kappa shape index (κ1) is 12.0. The number of pyridine rings is 1. The molecule has 1 fully saturated rings. The molecule has 6 heteroatoms. The Morgan fingerprint density at radius 2 is 2.26 bits per heavy atom. The largest absolute Gasteiger partial charge is 0.436 e. The molecule has 2 aromatic heterocycles. The van der Waals surface area contributed by atoms with Crippen molar-refractivity contribution in [1.29, 1.82) is 0 Å². The number of carbonyl (C=O) groups is 1. The van der Waals surface area contributed by atoms with Crippen molar-refractivity contribution in [2.75, 3.05) is 13.1 Å². The Hall–Kier alpha value is -2.11. The molecule has 19 heavy (non-hydrogen) atoms. The van der Waals surface area contributed by atoms with Crippen LogP contribution in [0, 0.1) is 12.1 Å². The quantitative estimate of drug-likeness (QED) is 0.779. The van der Waals surface area contributed by atoms with E-state index in [0.29, 0.717) is 11.6 Å². The third kappa shape index (κ3) is 2.38. The van der Waals surface area contributed by atoms with E-state index < -0.39 is 0 Å². The van der Waals surface area contributed by atoms with Crippen molar-refractivity contribution in [3.05, 3.63) is 24.5 Å². The smallest absolute Gasteiger partial charge is 0.306 e. The Bertz CT molecular complexity index is 587. The Morgan fingerprint density at radius 3 is 3.05 bits per heavy atom. The zero-order chi connectivity index (χ0) is 13.2. The van der Waals surface area contributed by atoms with E-state index in [-0.39, 0.29) is 6.09 Å². The third-order valence-corrected chi connectivity index (χ3v) is 3.46. The average molecular weight is 259 g/mol. The fourth-order valence-corrected chi connectivity index (χ4v) is 2.18. The standard InChI is InChI=1S/C13H15N4O2/c1-10-4-7-16(8-5-10)13(18)19-17-12-11(9-15-17)3-2-6-14-12/h2-3,9-10H,4-5,7-8H2,1H3. The fourth-order valence-electron chi connectivity index (χ4n) is 2.18. The van der Waals surface area contributed by atoms with Crippen LogP contribution in [0.1, 0.15) is 19.8 Å². The molecule has 0 saturated carbocycles. The predicted octanol–water partition coefficient (Wildman–Crippen LogP) is 1.51. The summed E-state index contributed by atoms with van der Waals surface area (Å²) in [4.78, 5) is 24.2. The number of amides is 1. The third-order valence-electron chi connectivity index (χ3n) is 3.46. The number of carbonyl (C=O) groups excluding carboxylic acids is 1. The summed E-state index contributed by atoms with van der Waals surface area (Å²) in [6.07, 6.45) is 5.97. The highest BCUT2D eigenvalue weighted by molar-refractivity contribution is 5.75. The van der Waals surface area contributed by atoms with E-state index in [1.54, 1.807) is 17.2 Å². The molecule has 1 amide bonds. The maximum absolute atomic E-state index is 12.0. The number of hydrogen-bond donors (Lipinski definition) is 0. The summed E-state index contributed by atoms with van der Waals surface area (Å²) < 4.78 is 0. The van der Waals surface area contributed by atoms with E-state index in [1.165, 1.54) is 0 Å². The molecule has 0 atom stereocenters. The van der Waals surface area contributed by atoms with Gasteiger partial charge in [0.1, 0.15) is 0 Å². The molecule has 1 aliphatic rings. The van der Waals surface area contributed by atoms with Gasteiger partial charge in [-0.05, 0) is 30.9 Å². The zero-order valence-electron chi connectivity index (χ0n) is 10.7. The number of likely N-dealkylation sites (tertiary alicyclic amines) is 1. The molecule has 99 valence electrons. The second kappa shape index (κ2) is 4.87. The molecule has 2 aromatic rings. The molecule has 1 radical (unpaired) electrons. The molecular weight excluding hydrogens is 244 g/mol. The maximum atomic E-state index is 12.0. The Labute approximate surface area is 110 Å². The normalized spacial score (nSPS) is 16.8. The first-order chi connectivity index (χ1) is 9.24. The number of hydrogen-bond acceptors (Lipinski definition) is 4. The summed E-state index contributed by atoms with van der Waals surface area (Å²) in [5.41, 5.74) is 0.501. The zero-order valence-corrected chi connectivity index (χ0v) is 10.7. The van der Waals surface area contributed by atoms with Crippen molar-refractivity contribution in [1.82, 2.24) is 19.8 Å². The molecule has 1 saturated heterocycles. The fraction of sp³-hybridized carbons (Fsp3) is 0.462. The van der Waals surface area contributed by atoms with E-state index in [4.69, 9.17) is 4.84 Å². The maximum Gasteiger partial charge on any atom is 0.436 e. The van der Waals surface area contributed by atoms with E-state index in [0.717, 1.165) is 36.2 Å². The van der Waals surface area contributed by atoms with Gasteiger partial charge in [-0.25, -0.2) is 9.78 Å². The molecule has 0 aliphatic carbocycles. The van der Waals surface area contributed by atoms with E-state index >= 15 is 0 Å². The molecule has 3 heterocycles. The van der Waals surface area contributed by atoms with Gasteiger partial charge in [0, 0.05) is 18.5 Å². The van der Waals surface area contributed by atoms with Gasteiger partial charge in [0.05, 0.1) is 12.4 Å². The van der Waals surface area contributed by atoms with Crippen LogP contribution in [0.25, 0.3) is 11.0 Å². The van der Waals surface area contributed by atoms with Crippen LogP contribution in [0.3, 0.4) is 0 Å².